The maximum atomic E-state index is 6.35. The van der Waals surface area contributed by atoms with E-state index in [-0.39, 0.29) is 0 Å². The predicted octanol–water partition coefficient (Wildman–Crippen LogP) is 9.60. The first-order chi connectivity index (χ1) is 15.8. The topological polar surface area (TPSA) is 9.23 Å². The van der Waals surface area contributed by atoms with Crippen LogP contribution >= 0.6 is 0 Å². The molecule has 5 unspecified atom stereocenters. The third-order valence-corrected chi connectivity index (χ3v) is 11.4. The molecule has 0 saturated heterocycles. The molecule has 4 rings (SSSR count). The van der Waals surface area contributed by atoms with Crippen LogP contribution in [0.1, 0.15) is 131 Å². The fourth-order valence-electron chi connectivity index (χ4n) is 9.40. The first-order valence-electron chi connectivity index (χ1n) is 15.1. The summed E-state index contributed by atoms with van der Waals surface area (Å²) in [5.41, 5.74) is 2.87. The lowest BCUT2D eigenvalue weighted by molar-refractivity contribution is -0.0641. The fraction of sp³-hybridized carbons (Fsp3) is 0.938. The second kappa shape index (κ2) is 10.8. The summed E-state index contributed by atoms with van der Waals surface area (Å²) >= 11 is 0. The molecule has 0 aromatic carbocycles. The monoisotopic (exact) mass is 456 g/mol. The van der Waals surface area contributed by atoms with Crippen molar-refractivity contribution in [3.8, 4) is 0 Å². The molecule has 3 saturated carbocycles. The molecule has 0 bridgehead atoms. The van der Waals surface area contributed by atoms with Crippen LogP contribution in [0.2, 0.25) is 0 Å². The Hall–Kier alpha value is -0.300. The SMILES string of the molecule is CCCCCO[C@H]1CC[C@@]2(C)C(=CCC3C4CCC(C(C)CCCC(C)C)[C@@]4(C)CCC32)C1. The smallest absolute Gasteiger partial charge is 0.0612 e. The van der Waals surface area contributed by atoms with Crippen molar-refractivity contribution in [2.45, 2.75) is 138 Å². The molecule has 8 atom stereocenters. The van der Waals surface area contributed by atoms with E-state index in [9.17, 15) is 0 Å². The first kappa shape index (κ1) is 25.8. The molecule has 0 heterocycles. The zero-order chi connectivity index (χ0) is 23.6. The highest BCUT2D eigenvalue weighted by atomic mass is 16.5. The Kier molecular flexibility index (Phi) is 8.40. The standard InChI is InChI=1S/C32H56O/c1-7-8-9-21-33-26-17-19-31(5)25(22-26)13-14-27-29-16-15-28(24(4)12-10-11-23(2)3)32(29,6)20-18-30(27)31/h13,23-24,26-30H,7-12,14-22H2,1-6H3/t24?,26-,27?,28?,29?,30?,31-,32+/m0/s1. The average Bonchev–Trinajstić information content (AvgIpc) is 3.14. The minimum absolute atomic E-state index is 0.467. The third-order valence-electron chi connectivity index (χ3n) is 11.4. The molecule has 190 valence electrons. The van der Waals surface area contributed by atoms with Gasteiger partial charge in [0.2, 0.25) is 0 Å². The molecule has 0 radical (unpaired) electrons. The lowest BCUT2D eigenvalue weighted by Gasteiger charge is -2.58. The van der Waals surface area contributed by atoms with E-state index < -0.39 is 0 Å². The summed E-state index contributed by atoms with van der Waals surface area (Å²) in [4.78, 5) is 0. The molecule has 4 aliphatic carbocycles. The molecule has 1 heteroatoms. The van der Waals surface area contributed by atoms with Crippen LogP contribution in [0.3, 0.4) is 0 Å². The summed E-state index contributed by atoms with van der Waals surface area (Å²) < 4.78 is 6.35. The molecule has 0 amide bonds. The van der Waals surface area contributed by atoms with Crippen LogP contribution in [0, 0.1) is 46.3 Å². The van der Waals surface area contributed by atoms with Crippen LogP contribution in [0.4, 0.5) is 0 Å². The molecule has 0 spiro atoms. The minimum atomic E-state index is 0.467. The van der Waals surface area contributed by atoms with Crippen LogP contribution < -0.4 is 0 Å². The van der Waals surface area contributed by atoms with Gasteiger partial charge in [-0.15, -0.1) is 0 Å². The van der Waals surface area contributed by atoms with Gasteiger partial charge in [0.05, 0.1) is 6.10 Å². The first-order valence-corrected chi connectivity index (χ1v) is 15.1. The Morgan fingerprint density at radius 2 is 1.76 bits per heavy atom. The van der Waals surface area contributed by atoms with Gasteiger partial charge in [0.25, 0.3) is 0 Å². The van der Waals surface area contributed by atoms with E-state index in [1.165, 1.54) is 89.9 Å². The maximum Gasteiger partial charge on any atom is 0.0612 e. The number of allylic oxidation sites excluding steroid dienone is 1. The van der Waals surface area contributed by atoms with Crippen molar-refractivity contribution in [2.24, 2.45) is 46.3 Å². The summed E-state index contributed by atoms with van der Waals surface area (Å²) in [5, 5.41) is 0. The van der Waals surface area contributed by atoms with Gasteiger partial charge in [0, 0.05) is 6.61 Å². The summed E-state index contributed by atoms with van der Waals surface area (Å²) in [6, 6.07) is 0. The van der Waals surface area contributed by atoms with Gasteiger partial charge < -0.3 is 4.74 Å². The van der Waals surface area contributed by atoms with Crippen molar-refractivity contribution in [3.05, 3.63) is 11.6 Å². The lowest BCUT2D eigenvalue weighted by atomic mass is 9.47. The summed E-state index contributed by atoms with van der Waals surface area (Å²) in [7, 11) is 0. The molecule has 0 aromatic heterocycles. The molecule has 3 fully saturated rings. The normalized spacial score (nSPS) is 41.3. The van der Waals surface area contributed by atoms with Crippen LogP contribution in [0.15, 0.2) is 11.6 Å². The Balaban J connectivity index is 1.40. The Bertz CT molecular complexity index is 663. The van der Waals surface area contributed by atoms with E-state index >= 15 is 0 Å². The van der Waals surface area contributed by atoms with Crippen LogP contribution in [0.25, 0.3) is 0 Å². The summed E-state index contributed by atoms with van der Waals surface area (Å²) in [5.74, 6) is 5.62. The van der Waals surface area contributed by atoms with Crippen molar-refractivity contribution < 1.29 is 4.74 Å². The second-order valence-corrected chi connectivity index (χ2v) is 13.7. The largest absolute Gasteiger partial charge is 0.378 e. The molecule has 4 aliphatic rings. The van der Waals surface area contributed by atoms with E-state index in [0.29, 0.717) is 16.9 Å². The number of hydrogen-bond donors (Lipinski definition) is 0. The molecule has 0 N–H and O–H groups in total. The van der Waals surface area contributed by atoms with Crippen LogP contribution in [-0.4, -0.2) is 12.7 Å². The Labute approximate surface area is 206 Å². The van der Waals surface area contributed by atoms with E-state index in [1.54, 1.807) is 5.57 Å². The van der Waals surface area contributed by atoms with Gasteiger partial charge in [-0.1, -0.05) is 85.3 Å². The van der Waals surface area contributed by atoms with Gasteiger partial charge in [0.15, 0.2) is 0 Å². The van der Waals surface area contributed by atoms with E-state index in [1.807, 2.05) is 0 Å². The predicted molar refractivity (Wildman–Crippen MR) is 142 cm³/mol. The number of hydrogen-bond acceptors (Lipinski definition) is 1. The van der Waals surface area contributed by atoms with E-state index in [0.717, 1.165) is 42.1 Å². The molecular formula is C32H56O. The van der Waals surface area contributed by atoms with Gasteiger partial charge in [-0.3, -0.25) is 0 Å². The van der Waals surface area contributed by atoms with Gasteiger partial charge in [-0.05, 0) is 104 Å². The number of unbranched alkanes of at least 4 members (excludes halogenated alkanes) is 2. The molecule has 1 nitrogen and oxygen atoms in total. The van der Waals surface area contributed by atoms with Crippen LogP contribution in [-0.2, 0) is 4.74 Å². The van der Waals surface area contributed by atoms with Crippen molar-refractivity contribution >= 4 is 0 Å². The second-order valence-electron chi connectivity index (χ2n) is 13.7. The van der Waals surface area contributed by atoms with Gasteiger partial charge >= 0.3 is 0 Å². The Morgan fingerprint density at radius 3 is 2.52 bits per heavy atom. The van der Waals surface area contributed by atoms with Crippen molar-refractivity contribution in [3.63, 3.8) is 0 Å². The quantitative estimate of drug-likeness (QED) is 0.235. The highest BCUT2D eigenvalue weighted by molar-refractivity contribution is 5.25. The summed E-state index contributed by atoms with van der Waals surface area (Å²) in [6.07, 6.45) is 22.6. The fourth-order valence-corrected chi connectivity index (χ4v) is 9.40. The van der Waals surface area contributed by atoms with Gasteiger partial charge in [-0.25, -0.2) is 0 Å². The van der Waals surface area contributed by atoms with Gasteiger partial charge in [0.1, 0.15) is 0 Å². The number of fused-ring (bicyclic) bond motifs is 5. The van der Waals surface area contributed by atoms with Crippen molar-refractivity contribution in [1.29, 1.82) is 0 Å². The third kappa shape index (κ3) is 5.15. The lowest BCUT2D eigenvalue weighted by Crippen LogP contribution is -2.51. The van der Waals surface area contributed by atoms with Crippen molar-refractivity contribution in [1.82, 2.24) is 0 Å². The molecular weight excluding hydrogens is 400 g/mol. The molecule has 0 aliphatic heterocycles. The zero-order valence-corrected chi connectivity index (χ0v) is 23.1. The van der Waals surface area contributed by atoms with Crippen LogP contribution in [0.5, 0.6) is 0 Å². The van der Waals surface area contributed by atoms with E-state index in [4.69, 9.17) is 4.74 Å². The number of rotatable bonds is 10. The molecule has 0 aromatic rings. The zero-order valence-electron chi connectivity index (χ0n) is 23.1. The van der Waals surface area contributed by atoms with E-state index in [2.05, 4.69) is 47.6 Å². The molecule has 33 heavy (non-hydrogen) atoms. The van der Waals surface area contributed by atoms with Gasteiger partial charge in [-0.2, -0.15) is 0 Å². The van der Waals surface area contributed by atoms with Crippen molar-refractivity contribution in [2.75, 3.05) is 6.61 Å². The highest BCUT2D eigenvalue weighted by Gasteiger charge is 2.59. The number of ether oxygens (including phenoxy) is 1. The maximum absolute atomic E-state index is 6.35. The summed E-state index contributed by atoms with van der Waals surface area (Å²) in [6.45, 7) is 16.0. The minimum Gasteiger partial charge on any atom is -0.378 e. The average molecular weight is 457 g/mol. The Morgan fingerprint density at radius 1 is 0.939 bits per heavy atom. The highest BCUT2D eigenvalue weighted by Crippen LogP contribution is 2.67.